The molecule has 8 heteroatoms. The van der Waals surface area contributed by atoms with Gasteiger partial charge in [-0.05, 0) is 43.5 Å². The molecule has 1 aromatic heterocycles. The van der Waals surface area contributed by atoms with Gasteiger partial charge < -0.3 is 10.2 Å². The van der Waals surface area contributed by atoms with Crippen molar-refractivity contribution in [2.45, 2.75) is 24.3 Å². The van der Waals surface area contributed by atoms with Gasteiger partial charge in [-0.25, -0.2) is 13.2 Å². The van der Waals surface area contributed by atoms with Crippen molar-refractivity contribution in [2.24, 2.45) is 11.7 Å². The van der Waals surface area contributed by atoms with Crippen LogP contribution in [0, 0.1) is 5.92 Å². The Morgan fingerprint density at radius 1 is 1.30 bits per heavy atom. The molecule has 2 unspecified atom stereocenters. The van der Waals surface area contributed by atoms with Crippen LogP contribution in [0.25, 0.3) is 11.0 Å². The van der Waals surface area contributed by atoms with Crippen molar-refractivity contribution in [1.29, 1.82) is 0 Å². The van der Waals surface area contributed by atoms with Gasteiger partial charge in [0.2, 0.25) is 10.0 Å². The first-order valence-corrected chi connectivity index (χ1v) is 8.61. The van der Waals surface area contributed by atoms with Gasteiger partial charge in [-0.2, -0.15) is 4.31 Å². The third kappa shape index (κ3) is 3.42. The van der Waals surface area contributed by atoms with E-state index in [0.29, 0.717) is 24.1 Å². The number of hydrogen-bond acceptors (Lipinski definition) is 5. The molecule has 1 aliphatic rings. The first-order chi connectivity index (χ1) is 10.4. The Labute approximate surface area is 140 Å². The van der Waals surface area contributed by atoms with E-state index < -0.39 is 15.6 Å². The Morgan fingerprint density at radius 2 is 2.04 bits per heavy atom. The third-order valence-electron chi connectivity index (χ3n) is 4.16. The molecule has 2 atom stereocenters. The molecule has 126 valence electrons. The predicted octanol–water partition coefficient (Wildman–Crippen LogP) is 1.57. The maximum Gasteiger partial charge on any atom is 0.336 e. The summed E-state index contributed by atoms with van der Waals surface area (Å²) in [6.45, 7) is 2.83. The van der Waals surface area contributed by atoms with E-state index in [1.165, 1.54) is 28.6 Å². The van der Waals surface area contributed by atoms with Crippen molar-refractivity contribution in [3.05, 3.63) is 40.8 Å². The van der Waals surface area contributed by atoms with Crippen LogP contribution in [0.15, 0.2) is 44.4 Å². The Balaban J connectivity index is 0.00000192. The molecule has 2 N–H and O–H groups in total. The molecule has 1 fully saturated rings. The Bertz CT molecular complexity index is 863. The minimum absolute atomic E-state index is 0. The van der Waals surface area contributed by atoms with Crippen LogP contribution < -0.4 is 11.4 Å². The molecule has 3 rings (SSSR count). The minimum atomic E-state index is -3.55. The standard InChI is InChI=1S/C15H18N2O4S.ClH/c1-10(16)12-6-7-17(9-12)22(19,20)13-3-4-14-11(8-13)2-5-15(18)21-14;/h2-5,8,10,12H,6-7,9,16H2,1H3;1H. The van der Waals surface area contributed by atoms with Gasteiger partial charge >= 0.3 is 5.63 Å². The molecule has 0 spiro atoms. The van der Waals surface area contributed by atoms with Gasteiger partial charge in [-0.3, -0.25) is 0 Å². The van der Waals surface area contributed by atoms with Crippen molar-refractivity contribution in [3.8, 4) is 0 Å². The lowest BCUT2D eigenvalue weighted by Crippen LogP contribution is -2.33. The largest absolute Gasteiger partial charge is 0.423 e. The van der Waals surface area contributed by atoms with Crippen LogP contribution in [-0.2, 0) is 10.0 Å². The topological polar surface area (TPSA) is 93.6 Å². The summed E-state index contributed by atoms with van der Waals surface area (Å²) < 4.78 is 31.9. The first-order valence-electron chi connectivity index (χ1n) is 7.17. The van der Waals surface area contributed by atoms with Gasteiger partial charge in [-0.15, -0.1) is 12.4 Å². The molecule has 0 amide bonds. The number of hydrogen-bond donors (Lipinski definition) is 1. The SMILES string of the molecule is CC(N)C1CCN(S(=O)(=O)c2ccc3oc(=O)ccc3c2)C1.Cl. The zero-order chi connectivity index (χ0) is 15.9. The Hall–Kier alpha value is -1.41. The highest BCUT2D eigenvalue weighted by Crippen LogP contribution is 2.27. The number of halogens is 1. The zero-order valence-corrected chi connectivity index (χ0v) is 14.3. The second kappa shape index (κ2) is 6.60. The van der Waals surface area contributed by atoms with Crippen molar-refractivity contribution < 1.29 is 12.8 Å². The van der Waals surface area contributed by atoms with Gasteiger partial charge in [0.1, 0.15) is 5.58 Å². The molecule has 23 heavy (non-hydrogen) atoms. The van der Waals surface area contributed by atoms with E-state index in [1.807, 2.05) is 6.92 Å². The van der Waals surface area contributed by atoms with Crippen LogP contribution in [0.4, 0.5) is 0 Å². The maximum absolute atomic E-state index is 12.7. The summed E-state index contributed by atoms with van der Waals surface area (Å²) in [4.78, 5) is 11.4. The maximum atomic E-state index is 12.7. The highest BCUT2D eigenvalue weighted by molar-refractivity contribution is 7.89. The van der Waals surface area contributed by atoms with E-state index in [0.717, 1.165) is 6.42 Å². The fraction of sp³-hybridized carbons (Fsp3) is 0.400. The molecule has 0 aliphatic carbocycles. The summed E-state index contributed by atoms with van der Waals surface area (Å²) in [6.07, 6.45) is 0.777. The molecule has 2 aromatic rings. The fourth-order valence-corrected chi connectivity index (χ4v) is 4.31. The fourth-order valence-electron chi connectivity index (χ4n) is 2.76. The molecule has 1 saturated heterocycles. The molecule has 0 radical (unpaired) electrons. The molecule has 6 nitrogen and oxygen atoms in total. The van der Waals surface area contributed by atoms with E-state index in [4.69, 9.17) is 10.2 Å². The minimum Gasteiger partial charge on any atom is -0.423 e. The van der Waals surface area contributed by atoms with E-state index in [1.54, 1.807) is 6.07 Å². The lowest BCUT2D eigenvalue weighted by molar-refractivity contribution is 0.429. The third-order valence-corrected chi connectivity index (χ3v) is 6.02. The number of benzene rings is 1. The molecule has 2 heterocycles. The molecular formula is C15H19ClN2O4S. The lowest BCUT2D eigenvalue weighted by Gasteiger charge is -2.18. The summed E-state index contributed by atoms with van der Waals surface area (Å²) >= 11 is 0. The van der Waals surface area contributed by atoms with E-state index in [9.17, 15) is 13.2 Å². The smallest absolute Gasteiger partial charge is 0.336 e. The average Bonchev–Trinajstić information content (AvgIpc) is 2.97. The molecule has 1 aliphatic heterocycles. The van der Waals surface area contributed by atoms with Gasteiger partial charge in [-0.1, -0.05) is 0 Å². The van der Waals surface area contributed by atoms with Crippen LogP contribution in [0.3, 0.4) is 0 Å². The quantitative estimate of drug-likeness (QED) is 0.840. The van der Waals surface area contributed by atoms with Crippen LogP contribution in [0.5, 0.6) is 0 Å². The normalized spacial score (nSPS) is 20.3. The second-order valence-electron chi connectivity index (χ2n) is 5.72. The number of sulfonamides is 1. The van der Waals surface area contributed by atoms with Crippen LogP contribution in [-0.4, -0.2) is 31.9 Å². The van der Waals surface area contributed by atoms with Crippen molar-refractivity contribution in [2.75, 3.05) is 13.1 Å². The van der Waals surface area contributed by atoms with E-state index in [2.05, 4.69) is 0 Å². The summed E-state index contributed by atoms with van der Waals surface area (Å²) in [7, 11) is -3.55. The predicted molar refractivity (Wildman–Crippen MR) is 90.2 cm³/mol. The molecular weight excluding hydrogens is 340 g/mol. The number of fused-ring (bicyclic) bond motifs is 1. The van der Waals surface area contributed by atoms with Crippen molar-refractivity contribution in [3.63, 3.8) is 0 Å². The summed E-state index contributed by atoms with van der Waals surface area (Å²) in [5.41, 5.74) is 5.79. The number of nitrogens with zero attached hydrogens (tertiary/aromatic N) is 1. The van der Waals surface area contributed by atoms with Gasteiger partial charge in [0.05, 0.1) is 4.90 Å². The first kappa shape index (κ1) is 17.9. The Kier molecular flexibility index (Phi) is 5.15. The second-order valence-corrected chi connectivity index (χ2v) is 7.66. The van der Waals surface area contributed by atoms with Crippen LogP contribution in [0.1, 0.15) is 13.3 Å². The number of rotatable bonds is 3. The molecule has 1 aromatic carbocycles. The Morgan fingerprint density at radius 3 is 2.70 bits per heavy atom. The van der Waals surface area contributed by atoms with Gasteiger partial charge in [0, 0.05) is 30.6 Å². The van der Waals surface area contributed by atoms with Crippen molar-refractivity contribution >= 4 is 33.4 Å². The monoisotopic (exact) mass is 358 g/mol. The van der Waals surface area contributed by atoms with E-state index in [-0.39, 0.29) is 29.3 Å². The van der Waals surface area contributed by atoms with Crippen molar-refractivity contribution in [1.82, 2.24) is 4.31 Å². The zero-order valence-electron chi connectivity index (χ0n) is 12.6. The average molecular weight is 359 g/mol. The van der Waals surface area contributed by atoms with Gasteiger partial charge in [0.25, 0.3) is 0 Å². The number of nitrogens with two attached hydrogens (primary N) is 1. The summed E-state index contributed by atoms with van der Waals surface area (Å²) in [6, 6.07) is 7.34. The summed E-state index contributed by atoms with van der Waals surface area (Å²) in [5, 5.41) is 0.587. The van der Waals surface area contributed by atoms with Crippen LogP contribution >= 0.6 is 12.4 Å². The van der Waals surface area contributed by atoms with Crippen LogP contribution in [0.2, 0.25) is 0 Å². The highest BCUT2D eigenvalue weighted by atomic mass is 35.5. The molecule has 0 bridgehead atoms. The van der Waals surface area contributed by atoms with Gasteiger partial charge in [0.15, 0.2) is 0 Å². The molecule has 0 saturated carbocycles. The van der Waals surface area contributed by atoms with E-state index >= 15 is 0 Å². The highest BCUT2D eigenvalue weighted by Gasteiger charge is 2.34. The summed E-state index contributed by atoms with van der Waals surface area (Å²) in [5.74, 6) is 0.188. The lowest BCUT2D eigenvalue weighted by atomic mass is 10.0.